The van der Waals surface area contributed by atoms with Crippen LogP contribution in [0.4, 0.5) is 8.78 Å². The second-order valence-electron chi connectivity index (χ2n) is 7.06. The van der Waals surface area contributed by atoms with Crippen LogP contribution < -0.4 is 5.73 Å². The van der Waals surface area contributed by atoms with Crippen LogP contribution in [0.3, 0.4) is 0 Å². The SMILES string of the molecule is COC(=O)c1ccc(CN(C(C(N)=O)c2ccccc2)S(=O)(=O)c2cc(F)cc(F)c2)cc1. The van der Waals surface area contributed by atoms with Crippen LogP contribution in [0.25, 0.3) is 0 Å². The molecule has 0 heterocycles. The standard InChI is InChI=1S/C23H20F2N2O5S/c1-32-23(29)17-9-7-15(8-10-17)14-27(21(22(26)28)16-5-3-2-4-6-16)33(30,31)20-12-18(24)11-19(25)13-20/h2-13,21H,14H2,1H3,(H2,26,28). The van der Waals surface area contributed by atoms with Gasteiger partial charge < -0.3 is 10.5 Å². The number of sulfonamides is 1. The fraction of sp³-hybridized carbons (Fsp3) is 0.130. The molecule has 0 radical (unpaired) electrons. The number of carbonyl (C=O) groups is 2. The molecule has 0 aromatic heterocycles. The van der Waals surface area contributed by atoms with Crippen molar-refractivity contribution in [2.24, 2.45) is 5.73 Å². The van der Waals surface area contributed by atoms with E-state index in [9.17, 15) is 26.8 Å². The summed E-state index contributed by atoms with van der Waals surface area (Å²) in [4.78, 5) is 23.4. The molecule has 172 valence electrons. The molecule has 3 rings (SSSR count). The maximum atomic E-state index is 13.8. The Balaban J connectivity index is 2.13. The summed E-state index contributed by atoms with van der Waals surface area (Å²) < 4.78 is 60.0. The van der Waals surface area contributed by atoms with E-state index in [1.807, 2.05) is 0 Å². The van der Waals surface area contributed by atoms with E-state index in [-0.39, 0.29) is 17.7 Å². The molecule has 1 amide bonds. The predicted molar refractivity (Wildman–Crippen MR) is 115 cm³/mol. The molecule has 0 saturated heterocycles. The van der Waals surface area contributed by atoms with Gasteiger partial charge in [0.2, 0.25) is 15.9 Å². The molecule has 0 fully saturated rings. The highest BCUT2D eigenvalue weighted by atomic mass is 32.2. The van der Waals surface area contributed by atoms with E-state index < -0.39 is 44.5 Å². The number of carbonyl (C=O) groups excluding carboxylic acids is 2. The number of amides is 1. The van der Waals surface area contributed by atoms with Crippen molar-refractivity contribution in [3.8, 4) is 0 Å². The first kappa shape index (κ1) is 24.0. The highest BCUT2D eigenvalue weighted by Crippen LogP contribution is 2.30. The monoisotopic (exact) mass is 474 g/mol. The quantitative estimate of drug-likeness (QED) is 0.505. The lowest BCUT2D eigenvalue weighted by atomic mass is 10.1. The van der Waals surface area contributed by atoms with Crippen molar-refractivity contribution in [1.82, 2.24) is 4.31 Å². The Bertz CT molecular complexity index is 1250. The van der Waals surface area contributed by atoms with Crippen LogP contribution in [0.15, 0.2) is 77.7 Å². The number of esters is 1. The van der Waals surface area contributed by atoms with E-state index in [1.165, 1.54) is 43.5 Å². The smallest absolute Gasteiger partial charge is 0.337 e. The third-order valence-corrected chi connectivity index (χ3v) is 6.62. The predicted octanol–water partition coefficient (Wildman–Crippen LogP) is 3.17. The van der Waals surface area contributed by atoms with E-state index >= 15 is 0 Å². The molecule has 0 bridgehead atoms. The first-order chi connectivity index (χ1) is 15.6. The van der Waals surface area contributed by atoms with Gasteiger partial charge in [-0.05, 0) is 35.4 Å². The Labute approximate surface area is 189 Å². The molecule has 3 aromatic carbocycles. The van der Waals surface area contributed by atoms with Crippen molar-refractivity contribution in [2.45, 2.75) is 17.5 Å². The summed E-state index contributed by atoms with van der Waals surface area (Å²) in [7, 11) is -3.38. The van der Waals surface area contributed by atoms with Crippen LogP contribution in [-0.4, -0.2) is 31.7 Å². The van der Waals surface area contributed by atoms with Crippen LogP contribution in [0.5, 0.6) is 0 Å². The van der Waals surface area contributed by atoms with Gasteiger partial charge in [0.05, 0.1) is 17.6 Å². The van der Waals surface area contributed by atoms with Crippen LogP contribution in [0, 0.1) is 11.6 Å². The Morgan fingerprint density at radius 1 is 0.970 bits per heavy atom. The molecular weight excluding hydrogens is 454 g/mol. The van der Waals surface area contributed by atoms with Gasteiger partial charge in [0.15, 0.2) is 0 Å². The molecule has 0 aliphatic carbocycles. The molecule has 2 N–H and O–H groups in total. The number of halogens is 2. The highest BCUT2D eigenvalue weighted by Gasteiger charge is 2.36. The molecule has 1 atom stereocenters. The first-order valence-electron chi connectivity index (χ1n) is 9.63. The Morgan fingerprint density at radius 2 is 1.55 bits per heavy atom. The second kappa shape index (κ2) is 9.88. The van der Waals surface area contributed by atoms with Crippen LogP contribution in [0.2, 0.25) is 0 Å². The lowest BCUT2D eigenvalue weighted by Gasteiger charge is -2.29. The minimum Gasteiger partial charge on any atom is -0.465 e. The van der Waals surface area contributed by atoms with Gasteiger partial charge in [-0.25, -0.2) is 22.0 Å². The summed E-state index contributed by atoms with van der Waals surface area (Å²) in [5.41, 5.74) is 6.49. The number of rotatable bonds is 8. The van der Waals surface area contributed by atoms with Crippen molar-refractivity contribution in [1.29, 1.82) is 0 Å². The summed E-state index contributed by atoms with van der Waals surface area (Å²) in [5.74, 6) is -3.74. The van der Waals surface area contributed by atoms with Gasteiger partial charge in [-0.3, -0.25) is 4.79 Å². The molecule has 1 unspecified atom stereocenters. The summed E-state index contributed by atoms with van der Waals surface area (Å²) in [6.45, 7) is -0.371. The average molecular weight is 474 g/mol. The summed E-state index contributed by atoms with van der Waals surface area (Å²) in [5, 5.41) is 0. The second-order valence-corrected chi connectivity index (χ2v) is 8.95. The number of nitrogens with two attached hydrogens (primary N) is 1. The number of methoxy groups -OCH3 is 1. The van der Waals surface area contributed by atoms with Crippen molar-refractivity contribution in [3.05, 3.63) is 101 Å². The Hall–Kier alpha value is -3.63. The van der Waals surface area contributed by atoms with E-state index in [0.29, 0.717) is 23.8 Å². The molecule has 0 saturated carbocycles. The van der Waals surface area contributed by atoms with Crippen LogP contribution in [-0.2, 0) is 26.1 Å². The van der Waals surface area contributed by atoms with Crippen LogP contribution in [0.1, 0.15) is 27.5 Å². The topological polar surface area (TPSA) is 107 Å². The minimum atomic E-state index is -4.61. The molecular formula is C23H20F2N2O5S. The molecule has 0 aliphatic rings. The molecule has 3 aromatic rings. The van der Waals surface area contributed by atoms with E-state index in [4.69, 9.17) is 5.73 Å². The lowest BCUT2D eigenvalue weighted by molar-refractivity contribution is -0.122. The third kappa shape index (κ3) is 5.41. The van der Waals surface area contributed by atoms with Crippen molar-refractivity contribution >= 4 is 21.9 Å². The summed E-state index contributed by atoms with van der Waals surface area (Å²) >= 11 is 0. The number of benzene rings is 3. The fourth-order valence-electron chi connectivity index (χ4n) is 3.28. The zero-order valence-corrected chi connectivity index (χ0v) is 18.3. The number of hydrogen-bond donors (Lipinski definition) is 1. The van der Waals surface area contributed by atoms with Gasteiger partial charge in [-0.1, -0.05) is 42.5 Å². The number of nitrogens with zero attached hydrogens (tertiary/aromatic N) is 1. The third-order valence-electron chi connectivity index (χ3n) is 4.83. The molecule has 0 spiro atoms. The average Bonchev–Trinajstić information content (AvgIpc) is 2.78. The van der Waals surface area contributed by atoms with E-state index in [0.717, 1.165) is 4.31 Å². The maximum absolute atomic E-state index is 13.8. The Kier molecular flexibility index (Phi) is 7.19. The molecule has 33 heavy (non-hydrogen) atoms. The first-order valence-corrected chi connectivity index (χ1v) is 11.1. The normalized spacial score (nSPS) is 12.4. The largest absolute Gasteiger partial charge is 0.465 e. The van der Waals surface area contributed by atoms with Gasteiger partial charge in [-0.15, -0.1) is 0 Å². The molecule has 7 nitrogen and oxygen atoms in total. The zero-order valence-electron chi connectivity index (χ0n) is 17.4. The maximum Gasteiger partial charge on any atom is 0.337 e. The van der Waals surface area contributed by atoms with Crippen LogP contribution >= 0.6 is 0 Å². The van der Waals surface area contributed by atoms with Gasteiger partial charge in [0.25, 0.3) is 0 Å². The number of hydrogen-bond acceptors (Lipinski definition) is 5. The van der Waals surface area contributed by atoms with Gasteiger partial charge in [0.1, 0.15) is 17.7 Å². The summed E-state index contributed by atoms with van der Waals surface area (Å²) in [6.07, 6.45) is 0. The number of ether oxygens (including phenoxy) is 1. The highest BCUT2D eigenvalue weighted by molar-refractivity contribution is 7.89. The van der Waals surface area contributed by atoms with E-state index in [2.05, 4.69) is 4.74 Å². The summed E-state index contributed by atoms with van der Waals surface area (Å²) in [6, 6.07) is 14.1. The van der Waals surface area contributed by atoms with E-state index in [1.54, 1.807) is 18.2 Å². The van der Waals surface area contributed by atoms with Crippen molar-refractivity contribution in [2.75, 3.05) is 7.11 Å². The minimum absolute atomic E-state index is 0.234. The number of primary amides is 1. The lowest BCUT2D eigenvalue weighted by Crippen LogP contribution is -2.41. The Morgan fingerprint density at radius 3 is 2.06 bits per heavy atom. The zero-order chi connectivity index (χ0) is 24.2. The van der Waals surface area contributed by atoms with Crippen molar-refractivity contribution in [3.63, 3.8) is 0 Å². The fourth-order valence-corrected chi connectivity index (χ4v) is 4.90. The molecule has 0 aliphatic heterocycles. The van der Waals surface area contributed by atoms with Crippen molar-refractivity contribution < 1.29 is 31.5 Å². The van der Waals surface area contributed by atoms with Gasteiger partial charge in [0, 0.05) is 12.6 Å². The van der Waals surface area contributed by atoms with Gasteiger partial charge >= 0.3 is 5.97 Å². The molecule has 10 heteroatoms. The van der Waals surface area contributed by atoms with Gasteiger partial charge in [-0.2, -0.15) is 4.31 Å².